The molecule has 1 aliphatic carbocycles. The lowest BCUT2D eigenvalue weighted by molar-refractivity contribution is -0.140. The Labute approximate surface area is 111 Å². The molecule has 2 rings (SSSR count). The third-order valence-corrected chi connectivity index (χ3v) is 4.02. The zero-order valence-electron chi connectivity index (χ0n) is 11.0. The maximum absolute atomic E-state index is 13.5. The summed E-state index contributed by atoms with van der Waals surface area (Å²) in [5.41, 5.74) is -1.67. The largest absolute Gasteiger partial charge is 0.382 e. The van der Waals surface area contributed by atoms with Crippen molar-refractivity contribution in [3.8, 4) is 0 Å². The van der Waals surface area contributed by atoms with E-state index in [0.717, 1.165) is 25.0 Å². The molecule has 1 aliphatic rings. The Bertz CT molecular complexity index is 457. The van der Waals surface area contributed by atoms with E-state index in [1.165, 1.54) is 6.07 Å². The molecule has 0 bridgehead atoms. The number of aliphatic hydroxyl groups is 1. The van der Waals surface area contributed by atoms with Gasteiger partial charge in [0.15, 0.2) is 5.78 Å². The Balaban J connectivity index is 2.13. The van der Waals surface area contributed by atoms with E-state index in [1.54, 1.807) is 0 Å². The van der Waals surface area contributed by atoms with Crippen LogP contribution in [0.25, 0.3) is 0 Å². The van der Waals surface area contributed by atoms with Gasteiger partial charge >= 0.3 is 0 Å². The SMILES string of the molecule is CC1CCC(O)(C(=O)Cc2c(F)cccc2F)CC1. The van der Waals surface area contributed by atoms with Gasteiger partial charge in [0.25, 0.3) is 0 Å². The van der Waals surface area contributed by atoms with Crippen LogP contribution in [0.5, 0.6) is 0 Å². The van der Waals surface area contributed by atoms with Crippen molar-refractivity contribution >= 4 is 5.78 Å². The highest BCUT2D eigenvalue weighted by Crippen LogP contribution is 2.33. The molecule has 0 heterocycles. The van der Waals surface area contributed by atoms with Crippen molar-refractivity contribution in [2.75, 3.05) is 0 Å². The molecule has 0 unspecified atom stereocenters. The zero-order chi connectivity index (χ0) is 14.0. The summed E-state index contributed by atoms with van der Waals surface area (Å²) in [7, 11) is 0. The van der Waals surface area contributed by atoms with Gasteiger partial charge in [0.1, 0.15) is 17.2 Å². The van der Waals surface area contributed by atoms with Crippen molar-refractivity contribution in [3.63, 3.8) is 0 Å². The second-order valence-corrected chi connectivity index (χ2v) is 5.51. The molecule has 4 heteroatoms. The van der Waals surface area contributed by atoms with Crippen molar-refractivity contribution in [2.45, 2.75) is 44.6 Å². The topological polar surface area (TPSA) is 37.3 Å². The summed E-state index contributed by atoms with van der Waals surface area (Å²) < 4.78 is 27.0. The number of carbonyl (C=O) groups is 1. The molecule has 1 saturated carbocycles. The quantitative estimate of drug-likeness (QED) is 0.915. The fraction of sp³-hybridized carbons (Fsp3) is 0.533. The molecule has 19 heavy (non-hydrogen) atoms. The van der Waals surface area contributed by atoms with Crippen LogP contribution in [-0.4, -0.2) is 16.5 Å². The number of ketones is 1. The molecule has 0 aliphatic heterocycles. The number of rotatable bonds is 3. The monoisotopic (exact) mass is 268 g/mol. The lowest BCUT2D eigenvalue weighted by Gasteiger charge is -2.33. The first-order chi connectivity index (χ1) is 8.92. The Hall–Kier alpha value is -1.29. The first-order valence-corrected chi connectivity index (χ1v) is 6.61. The summed E-state index contributed by atoms with van der Waals surface area (Å²) in [6, 6.07) is 3.51. The highest BCUT2D eigenvalue weighted by atomic mass is 19.1. The maximum Gasteiger partial charge on any atom is 0.168 e. The Morgan fingerprint density at radius 3 is 2.37 bits per heavy atom. The van der Waals surface area contributed by atoms with Gasteiger partial charge in [-0.15, -0.1) is 0 Å². The van der Waals surface area contributed by atoms with Crippen molar-refractivity contribution in [1.29, 1.82) is 0 Å². The smallest absolute Gasteiger partial charge is 0.168 e. The summed E-state index contributed by atoms with van der Waals surface area (Å²) in [5.74, 6) is -1.47. The van der Waals surface area contributed by atoms with Crippen molar-refractivity contribution < 1.29 is 18.7 Å². The highest BCUT2D eigenvalue weighted by molar-refractivity contribution is 5.89. The standard InChI is InChI=1S/C15H18F2O2/c1-10-5-7-15(19,8-6-10)14(18)9-11-12(16)3-2-4-13(11)17/h2-4,10,19H,5-9H2,1H3. The predicted molar refractivity (Wildman–Crippen MR) is 67.7 cm³/mol. The summed E-state index contributed by atoms with van der Waals surface area (Å²) in [6.45, 7) is 2.07. The molecular weight excluding hydrogens is 250 g/mol. The highest BCUT2D eigenvalue weighted by Gasteiger charge is 2.38. The molecule has 1 N–H and O–H groups in total. The van der Waals surface area contributed by atoms with Crippen molar-refractivity contribution in [3.05, 3.63) is 35.4 Å². The molecule has 1 aromatic carbocycles. The second-order valence-electron chi connectivity index (χ2n) is 5.51. The molecule has 0 saturated heterocycles. The van der Waals surface area contributed by atoms with Gasteiger partial charge in [-0.05, 0) is 43.7 Å². The van der Waals surface area contributed by atoms with E-state index in [2.05, 4.69) is 6.92 Å². The number of benzene rings is 1. The number of hydrogen-bond acceptors (Lipinski definition) is 2. The lowest BCUT2D eigenvalue weighted by atomic mass is 9.76. The second kappa shape index (κ2) is 5.37. The number of carbonyl (C=O) groups excluding carboxylic acids is 1. The third kappa shape index (κ3) is 3.00. The van der Waals surface area contributed by atoms with E-state index in [4.69, 9.17) is 0 Å². The van der Waals surface area contributed by atoms with E-state index in [1.807, 2.05) is 0 Å². The van der Waals surface area contributed by atoms with Gasteiger partial charge in [-0.1, -0.05) is 13.0 Å². The van der Waals surface area contributed by atoms with Crippen LogP contribution in [0.1, 0.15) is 38.2 Å². The number of halogens is 2. The van der Waals surface area contributed by atoms with Crippen LogP contribution in [0.4, 0.5) is 8.78 Å². The van der Waals surface area contributed by atoms with E-state index >= 15 is 0 Å². The molecule has 1 fully saturated rings. The van der Waals surface area contributed by atoms with E-state index in [-0.39, 0.29) is 12.0 Å². The minimum absolute atomic E-state index is 0.250. The molecule has 1 aromatic rings. The summed E-state index contributed by atoms with van der Waals surface area (Å²) >= 11 is 0. The molecule has 0 aromatic heterocycles. The van der Waals surface area contributed by atoms with Gasteiger partial charge in [0.05, 0.1) is 0 Å². The summed E-state index contributed by atoms with van der Waals surface area (Å²) in [4.78, 5) is 12.1. The lowest BCUT2D eigenvalue weighted by Crippen LogP contribution is -2.43. The van der Waals surface area contributed by atoms with Crippen LogP contribution >= 0.6 is 0 Å². The molecule has 2 nitrogen and oxygen atoms in total. The van der Waals surface area contributed by atoms with Gasteiger partial charge in [-0.2, -0.15) is 0 Å². The maximum atomic E-state index is 13.5. The van der Waals surface area contributed by atoms with Crippen molar-refractivity contribution in [1.82, 2.24) is 0 Å². The van der Waals surface area contributed by atoms with E-state index in [9.17, 15) is 18.7 Å². The first-order valence-electron chi connectivity index (χ1n) is 6.61. The van der Waals surface area contributed by atoms with Crippen LogP contribution in [-0.2, 0) is 11.2 Å². The van der Waals surface area contributed by atoms with Crippen LogP contribution in [0.3, 0.4) is 0 Å². The van der Waals surface area contributed by atoms with Crippen LogP contribution < -0.4 is 0 Å². The molecular formula is C15H18F2O2. The van der Waals surface area contributed by atoms with Crippen LogP contribution in [0.2, 0.25) is 0 Å². The Kier molecular flexibility index (Phi) is 3.99. The normalized spacial score (nSPS) is 27.3. The first kappa shape index (κ1) is 14.1. The third-order valence-electron chi connectivity index (χ3n) is 4.02. The minimum Gasteiger partial charge on any atom is -0.382 e. The molecule has 0 atom stereocenters. The van der Waals surface area contributed by atoms with Crippen molar-refractivity contribution in [2.24, 2.45) is 5.92 Å². The molecule has 104 valence electrons. The Morgan fingerprint density at radius 2 is 1.84 bits per heavy atom. The molecule has 0 amide bonds. The van der Waals surface area contributed by atoms with Crippen LogP contribution in [0, 0.1) is 17.6 Å². The fourth-order valence-corrected chi connectivity index (χ4v) is 2.54. The summed E-state index contributed by atoms with van der Waals surface area (Å²) in [6.07, 6.45) is 1.90. The summed E-state index contributed by atoms with van der Waals surface area (Å²) in [5, 5.41) is 10.3. The van der Waals surface area contributed by atoms with Crippen LogP contribution in [0.15, 0.2) is 18.2 Å². The predicted octanol–water partition coefficient (Wildman–Crippen LogP) is 3.02. The van der Waals surface area contributed by atoms with Gasteiger partial charge in [0.2, 0.25) is 0 Å². The molecule has 0 radical (unpaired) electrons. The average Bonchev–Trinajstić information content (AvgIpc) is 2.37. The average molecular weight is 268 g/mol. The number of Topliss-reactive ketones (excluding diaryl/α,β-unsaturated/α-hetero) is 1. The fourth-order valence-electron chi connectivity index (χ4n) is 2.54. The van der Waals surface area contributed by atoms with Gasteiger partial charge in [-0.3, -0.25) is 4.79 Å². The van der Waals surface area contributed by atoms with E-state index in [0.29, 0.717) is 18.8 Å². The molecule has 0 spiro atoms. The van der Waals surface area contributed by atoms with Gasteiger partial charge in [-0.25, -0.2) is 8.78 Å². The zero-order valence-corrected chi connectivity index (χ0v) is 11.0. The minimum atomic E-state index is -1.42. The Morgan fingerprint density at radius 1 is 1.32 bits per heavy atom. The number of hydrogen-bond donors (Lipinski definition) is 1. The van der Waals surface area contributed by atoms with Gasteiger partial charge in [0, 0.05) is 12.0 Å². The van der Waals surface area contributed by atoms with E-state index < -0.39 is 23.0 Å². The van der Waals surface area contributed by atoms with Gasteiger partial charge < -0.3 is 5.11 Å².